The van der Waals surface area contributed by atoms with Gasteiger partial charge in [0.1, 0.15) is 0 Å². The predicted octanol–water partition coefficient (Wildman–Crippen LogP) is 3.23. The molecule has 90 valence electrons. The number of fused-ring (bicyclic) bond motifs is 1. The Morgan fingerprint density at radius 1 is 1.17 bits per heavy atom. The van der Waals surface area contributed by atoms with E-state index in [-0.39, 0.29) is 10.6 Å². The molecule has 0 fully saturated rings. The molecule has 1 aliphatic heterocycles. The normalized spacial score (nSPS) is 12.9. The number of non-ortho nitro benzene ring substituents is 1. The van der Waals surface area contributed by atoms with Crippen molar-refractivity contribution in [2.45, 2.75) is 6.42 Å². The van der Waals surface area contributed by atoms with Crippen LogP contribution in [0, 0.1) is 10.1 Å². The summed E-state index contributed by atoms with van der Waals surface area (Å²) in [5.74, 6) is 0. The van der Waals surface area contributed by atoms with Crippen molar-refractivity contribution < 1.29 is 4.92 Å². The van der Waals surface area contributed by atoms with Crippen molar-refractivity contribution in [2.24, 2.45) is 0 Å². The molecular formula is C14H12N2O2. The third-order valence-corrected chi connectivity index (χ3v) is 3.21. The van der Waals surface area contributed by atoms with Crippen LogP contribution in [-0.4, -0.2) is 11.5 Å². The van der Waals surface area contributed by atoms with Crippen molar-refractivity contribution in [1.82, 2.24) is 0 Å². The van der Waals surface area contributed by atoms with Crippen molar-refractivity contribution in [3.8, 4) is 11.1 Å². The van der Waals surface area contributed by atoms with E-state index in [1.165, 1.54) is 11.6 Å². The van der Waals surface area contributed by atoms with Gasteiger partial charge in [0, 0.05) is 29.9 Å². The van der Waals surface area contributed by atoms with Gasteiger partial charge in [0.2, 0.25) is 0 Å². The molecule has 0 radical (unpaired) electrons. The molecule has 0 spiro atoms. The second-order valence-electron chi connectivity index (χ2n) is 4.32. The molecule has 1 heterocycles. The Balaban J connectivity index is 2.13. The van der Waals surface area contributed by atoms with Gasteiger partial charge in [-0.05, 0) is 17.5 Å². The largest absolute Gasteiger partial charge is 0.384 e. The van der Waals surface area contributed by atoms with E-state index in [9.17, 15) is 10.1 Å². The maximum atomic E-state index is 10.8. The molecule has 1 aliphatic rings. The van der Waals surface area contributed by atoms with Crippen molar-refractivity contribution in [3.05, 3.63) is 58.1 Å². The summed E-state index contributed by atoms with van der Waals surface area (Å²) in [5, 5.41) is 14.2. The predicted molar refractivity (Wildman–Crippen MR) is 70.7 cm³/mol. The first-order valence-corrected chi connectivity index (χ1v) is 5.86. The summed E-state index contributed by atoms with van der Waals surface area (Å²) in [4.78, 5) is 10.4. The molecule has 1 N–H and O–H groups in total. The molecule has 0 amide bonds. The second-order valence-corrected chi connectivity index (χ2v) is 4.32. The highest BCUT2D eigenvalue weighted by atomic mass is 16.6. The fourth-order valence-corrected chi connectivity index (χ4v) is 2.37. The molecule has 0 aliphatic carbocycles. The zero-order valence-corrected chi connectivity index (χ0v) is 9.72. The molecule has 0 atom stereocenters. The monoisotopic (exact) mass is 240 g/mol. The van der Waals surface area contributed by atoms with Crippen LogP contribution in [0.2, 0.25) is 0 Å². The summed E-state index contributed by atoms with van der Waals surface area (Å²) in [6, 6.07) is 12.9. The van der Waals surface area contributed by atoms with Crippen LogP contribution in [0.3, 0.4) is 0 Å². The lowest BCUT2D eigenvalue weighted by Gasteiger charge is -2.08. The van der Waals surface area contributed by atoms with E-state index >= 15 is 0 Å². The molecule has 3 rings (SSSR count). The van der Waals surface area contributed by atoms with E-state index in [0.717, 1.165) is 29.8 Å². The van der Waals surface area contributed by atoms with Gasteiger partial charge in [0.25, 0.3) is 5.69 Å². The third kappa shape index (κ3) is 1.72. The van der Waals surface area contributed by atoms with Gasteiger partial charge < -0.3 is 5.32 Å². The lowest BCUT2D eigenvalue weighted by Crippen LogP contribution is -1.94. The minimum Gasteiger partial charge on any atom is -0.384 e. The Hall–Kier alpha value is -2.36. The van der Waals surface area contributed by atoms with Gasteiger partial charge in [0.05, 0.1) is 4.92 Å². The number of para-hydroxylation sites is 1. The maximum Gasteiger partial charge on any atom is 0.270 e. The third-order valence-electron chi connectivity index (χ3n) is 3.21. The first-order valence-electron chi connectivity index (χ1n) is 5.86. The van der Waals surface area contributed by atoms with Crippen LogP contribution in [0.1, 0.15) is 5.56 Å². The quantitative estimate of drug-likeness (QED) is 0.647. The van der Waals surface area contributed by atoms with Crippen molar-refractivity contribution in [1.29, 1.82) is 0 Å². The molecule has 0 unspecified atom stereocenters. The minimum absolute atomic E-state index is 0.128. The number of nitro benzene ring substituents is 1. The SMILES string of the molecule is O=[N+]([O-])c1cccc(-c2cccc3c2NCC3)c1. The highest BCUT2D eigenvalue weighted by Crippen LogP contribution is 2.35. The molecular weight excluding hydrogens is 228 g/mol. The fraction of sp³-hybridized carbons (Fsp3) is 0.143. The van der Waals surface area contributed by atoms with Gasteiger partial charge >= 0.3 is 0 Å². The van der Waals surface area contributed by atoms with Crippen LogP contribution in [0.4, 0.5) is 11.4 Å². The van der Waals surface area contributed by atoms with Gasteiger partial charge in [-0.1, -0.05) is 30.3 Å². The van der Waals surface area contributed by atoms with Crippen molar-refractivity contribution >= 4 is 11.4 Å². The number of benzene rings is 2. The first-order chi connectivity index (χ1) is 8.75. The van der Waals surface area contributed by atoms with Crippen LogP contribution in [0.15, 0.2) is 42.5 Å². The summed E-state index contributed by atoms with van der Waals surface area (Å²) in [5.41, 5.74) is 4.43. The van der Waals surface area contributed by atoms with Gasteiger partial charge in [0.15, 0.2) is 0 Å². The molecule has 4 nitrogen and oxygen atoms in total. The summed E-state index contributed by atoms with van der Waals surface area (Å²) in [7, 11) is 0. The van der Waals surface area contributed by atoms with E-state index < -0.39 is 0 Å². The summed E-state index contributed by atoms with van der Waals surface area (Å²) in [6.07, 6.45) is 1.01. The van der Waals surface area contributed by atoms with Crippen molar-refractivity contribution in [3.63, 3.8) is 0 Å². The van der Waals surface area contributed by atoms with Crippen molar-refractivity contribution in [2.75, 3.05) is 11.9 Å². The maximum absolute atomic E-state index is 10.8. The zero-order chi connectivity index (χ0) is 12.5. The zero-order valence-electron chi connectivity index (χ0n) is 9.72. The van der Waals surface area contributed by atoms with E-state index in [0.29, 0.717) is 0 Å². The Morgan fingerprint density at radius 3 is 2.83 bits per heavy atom. The van der Waals surface area contributed by atoms with E-state index in [1.807, 2.05) is 18.2 Å². The molecule has 4 heteroatoms. The number of hydrogen-bond donors (Lipinski definition) is 1. The highest BCUT2D eigenvalue weighted by Gasteiger charge is 2.16. The molecule has 18 heavy (non-hydrogen) atoms. The number of nitrogens with one attached hydrogen (secondary N) is 1. The van der Waals surface area contributed by atoms with Crippen LogP contribution >= 0.6 is 0 Å². The Morgan fingerprint density at radius 2 is 2.00 bits per heavy atom. The number of nitro groups is 1. The molecule has 0 saturated carbocycles. The Labute approximate surface area is 104 Å². The molecule has 2 aromatic carbocycles. The number of hydrogen-bond acceptors (Lipinski definition) is 3. The van der Waals surface area contributed by atoms with Crippen LogP contribution in [0.25, 0.3) is 11.1 Å². The highest BCUT2D eigenvalue weighted by molar-refractivity contribution is 5.82. The van der Waals surface area contributed by atoms with E-state index in [1.54, 1.807) is 12.1 Å². The lowest BCUT2D eigenvalue weighted by molar-refractivity contribution is -0.384. The topological polar surface area (TPSA) is 55.2 Å². The number of rotatable bonds is 2. The molecule has 0 bridgehead atoms. The second kappa shape index (κ2) is 4.14. The molecule has 0 aromatic heterocycles. The smallest absolute Gasteiger partial charge is 0.270 e. The summed E-state index contributed by atoms with van der Waals surface area (Å²) in [6.45, 7) is 0.932. The average molecular weight is 240 g/mol. The summed E-state index contributed by atoms with van der Waals surface area (Å²) < 4.78 is 0. The molecule has 0 saturated heterocycles. The van der Waals surface area contributed by atoms with Crippen LogP contribution in [0.5, 0.6) is 0 Å². The van der Waals surface area contributed by atoms with E-state index in [4.69, 9.17) is 0 Å². The van der Waals surface area contributed by atoms with Gasteiger partial charge in [-0.3, -0.25) is 10.1 Å². The Kier molecular flexibility index (Phi) is 2.48. The van der Waals surface area contributed by atoms with E-state index in [2.05, 4.69) is 11.4 Å². The fourth-order valence-electron chi connectivity index (χ4n) is 2.37. The standard InChI is InChI=1S/C14H12N2O2/c17-16(18)12-5-1-4-11(9-12)13-6-2-3-10-7-8-15-14(10)13/h1-6,9,15H,7-8H2. The first kappa shape index (κ1) is 10.8. The van der Waals surface area contributed by atoms with Crippen LogP contribution in [-0.2, 0) is 6.42 Å². The summed E-state index contributed by atoms with van der Waals surface area (Å²) >= 11 is 0. The Bertz CT molecular complexity index is 623. The number of anilines is 1. The van der Waals surface area contributed by atoms with Gasteiger partial charge in [-0.2, -0.15) is 0 Å². The number of nitrogens with zero attached hydrogens (tertiary/aromatic N) is 1. The lowest BCUT2D eigenvalue weighted by atomic mass is 10.0. The van der Waals surface area contributed by atoms with Gasteiger partial charge in [-0.15, -0.1) is 0 Å². The molecule has 2 aromatic rings. The average Bonchev–Trinajstić information content (AvgIpc) is 2.87. The van der Waals surface area contributed by atoms with Gasteiger partial charge in [-0.25, -0.2) is 0 Å². The minimum atomic E-state index is -0.361. The van der Waals surface area contributed by atoms with Crippen LogP contribution < -0.4 is 5.32 Å².